The lowest BCUT2D eigenvalue weighted by molar-refractivity contribution is 0.0857. The van der Waals surface area contributed by atoms with Crippen LogP contribution in [0.25, 0.3) is 0 Å². The first-order chi connectivity index (χ1) is 11.8. The third kappa shape index (κ3) is 5.06. The van der Waals surface area contributed by atoms with E-state index in [2.05, 4.69) is 21.7 Å². The van der Waals surface area contributed by atoms with Crippen LogP contribution >= 0.6 is 0 Å². The first-order valence-electron chi connectivity index (χ1n) is 9.09. The van der Waals surface area contributed by atoms with Crippen molar-refractivity contribution in [2.45, 2.75) is 51.0 Å². The number of carbonyl (C=O) groups is 1. The van der Waals surface area contributed by atoms with Crippen molar-refractivity contribution in [1.82, 2.24) is 10.3 Å². The van der Waals surface area contributed by atoms with Gasteiger partial charge in [-0.3, -0.25) is 4.79 Å². The van der Waals surface area contributed by atoms with Gasteiger partial charge in [0.05, 0.1) is 11.7 Å². The minimum atomic E-state index is -0.0862. The number of nitrogens with one attached hydrogen (secondary N) is 2. The van der Waals surface area contributed by atoms with Gasteiger partial charge in [-0.15, -0.1) is 0 Å². The fourth-order valence-electron chi connectivity index (χ4n) is 3.23. The van der Waals surface area contributed by atoms with Crippen molar-refractivity contribution in [1.29, 1.82) is 0 Å². The molecule has 0 radical (unpaired) electrons. The molecule has 24 heavy (non-hydrogen) atoms. The standard InChI is InChI=1S/C19H27N3O2/c23-19(22-14-17-7-4-12-24-17)16-8-9-18(21-13-16)20-11-10-15-5-2-1-3-6-15/h5,8-9,13,17H,1-4,6-7,10-12,14H2,(H,20,21)(H,22,23). The van der Waals surface area contributed by atoms with Gasteiger partial charge in [0, 0.05) is 25.9 Å². The third-order valence-electron chi connectivity index (χ3n) is 4.68. The largest absolute Gasteiger partial charge is 0.376 e. The van der Waals surface area contributed by atoms with Gasteiger partial charge in [-0.2, -0.15) is 0 Å². The molecule has 1 amide bonds. The quantitative estimate of drug-likeness (QED) is 0.754. The monoisotopic (exact) mass is 329 g/mol. The van der Waals surface area contributed by atoms with Crippen molar-refractivity contribution in [2.75, 3.05) is 25.0 Å². The summed E-state index contributed by atoms with van der Waals surface area (Å²) in [5, 5.41) is 6.25. The van der Waals surface area contributed by atoms with Gasteiger partial charge in [0.25, 0.3) is 5.91 Å². The number of rotatable bonds is 7. The molecule has 1 unspecified atom stereocenters. The summed E-state index contributed by atoms with van der Waals surface area (Å²) in [5.41, 5.74) is 2.15. The summed E-state index contributed by atoms with van der Waals surface area (Å²) in [7, 11) is 0. The molecule has 1 aliphatic heterocycles. The van der Waals surface area contributed by atoms with E-state index in [-0.39, 0.29) is 12.0 Å². The summed E-state index contributed by atoms with van der Waals surface area (Å²) in [4.78, 5) is 16.4. The zero-order valence-electron chi connectivity index (χ0n) is 14.2. The number of carbonyl (C=O) groups excluding carboxylic acids is 1. The molecule has 0 bridgehead atoms. The highest BCUT2D eigenvalue weighted by Gasteiger charge is 2.16. The molecule has 1 aromatic rings. The van der Waals surface area contributed by atoms with Crippen LogP contribution in [0.5, 0.6) is 0 Å². The van der Waals surface area contributed by atoms with Crippen molar-refractivity contribution in [3.05, 3.63) is 35.5 Å². The molecular formula is C19H27N3O2. The van der Waals surface area contributed by atoms with Crippen molar-refractivity contribution in [3.63, 3.8) is 0 Å². The molecule has 1 atom stereocenters. The molecule has 2 N–H and O–H groups in total. The molecule has 0 spiro atoms. The zero-order valence-corrected chi connectivity index (χ0v) is 14.2. The van der Waals surface area contributed by atoms with Gasteiger partial charge in [0.1, 0.15) is 5.82 Å². The molecule has 3 rings (SSSR count). The van der Waals surface area contributed by atoms with Crippen LogP contribution in [0, 0.1) is 0 Å². The smallest absolute Gasteiger partial charge is 0.252 e. The Morgan fingerprint density at radius 1 is 1.29 bits per heavy atom. The Bertz CT molecular complexity index is 562. The topological polar surface area (TPSA) is 63.2 Å². The number of hydrogen-bond donors (Lipinski definition) is 2. The van der Waals surface area contributed by atoms with E-state index >= 15 is 0 Å². The SMILES string of the molecule is O=C(NCC1CCCO1)c1ccc(NCCC2=CCCCC2)nc1. The zero-order chi connectivity index (χ0) is 16.6. The number of ether oxygens (including phenoxy) is 1. The number of amides is 1. The van der Waals surface area contributed by atoms with Crippen molar-refractivity contribution in [2.24, 2.45) is 0 Å². The average molecular weight is 329 g/mol. The lowest BCUT2D eigenvalue weighted by Gasteiger charge is -2.13. The normalized spacial score (nSPS) is 20.5. The first kappa shape index (κ1) is 17.0. The van der Waals surface area contributed by atoms with Gasteiger partial charge in [-0.1, -0.05) is 11.6 Å². The second-order valence-electron chi connectivity index (χ2n) is 6.56. The first-order valence-corrected chi connectivity index (χ1v) is 9.09. The van der Waals surface area contributed by atoms with E-state index in [4.69, 9.17) is 4.74 Å². The molecule has 130 valence electrons. The van der Waals surface area contributed by atoms with Gasteiger partial charge >= 0.3 is 0 Å². The fraction of sp³-hybridized carbons (Fsp3) is 0.579. The molecule has 5 nitrogen and oxygen atoms in total. The van der Waals surface area contributed by atoms with Crippen LogP contribution in [0.15, 0.2) is 30.0 Å². The summed E-state index contributed by atoms with van der Waals surface area (Å²) in [5.74, 6) is 0.735. The maximum atomic E-state index is 12.1. The van der Waals surface area contributed by atoms with Gasteiger partial charge in [-0.25, -0.2) is 4.98 Å². The van der Waals surface area contributed by atoms with E-state index in [1.165, 1.54) is 25.7 Å². The summed E-state index contributed by atoms with van der Waals surface area (Å²) in [6, 6.07) is 3.69. The average Bonchev–Trinajstić information content (AvgIpc) is 3.15. The van der Waals surface area contributed by atoms with Gasteiger partial charge in [0.2, 0.25) is 0 Å². The van der Waals surface area contributed by atoms with Crippen LogP contribution in [-0.2, 0) is 4.74 Å². The Labute approximate surface area is 143 Å². The molecule has 0 saturated carbocycles. The van der Waals surface area contributed by atoms with Gasteiger partial charge < -0.3 is 15.4 Å². The second-order valence-corrected chi connectivity index (χ2v) is 6.56. The Kier molecular flexibility index (Phi) is 6.24. The molecule has 1 aliphatic carbocycles. The summed E-state index contributed by atoms with van der Waals surface area (Å²) in [6.45, 7) is 2.27. The van der Waals surface area contributed by atoms with Crippen molar-refractivity contribution >= 4 is 11.7 Å². The molecular weight excluding hydrogens is 302 g/mol. The van der Waals surface area contributed by atoms with Gasteiger partial charge in [0.15, 0.2) is 0 Å². The maximum absolute atomic E-state index is 12.1. The van der Waals surface area contributed by atoms with Gasteiger partial charge in [-0.05, 0) is 57.1 Å². The fourth-order valence-corrected chi connectivity index (χ4v) is 3.23. The number of pyridine rings is 1. The number of nitrogens with zero attached hydrogens (tertiary/aromatic N) is 1. The van der Waals surface area contributed by atoms with Crippen LogP contribution in [-0.4, -0.2) is 36.7 Å². The maximum Gasteiger partial charge on any atom is 0.252 e. The van der Waals surface area contributed by atoms with E-state index in [1.54, 1.807) is 11.8 Å². The molecule has 0 aromatic carbocycles. The van der Waals surface area contributed by atoms with E-state index in [1.807, 2.05) is 12.1 Å². The van der Waals surface area contributed by atoms with E-state index < -0.39 is 0 Å². The van der Waals surface area contributed by atoms with Crippen LogP contribution in [0.3, 0.4) is 0 Å². The van der Waals surface area contributed by atoms with Crippen molar-refractivity contribution < 1.29 is 9.53 Å². The van der Waals surface area contributed by atoms with E-state index in [0.29, 0.717) is 12.1 Å². The Balaban J connectivity index is 1.40. The van der Waals surface area contributed by atoms with Crippen LogP contribution < -0.4 is 10.6 Å². The van der Waals surface area contributed by atoms with E-state index in [0.717, 1.165) is 38.2 Å². The van der Waals surface area contributed by atoms with Crippen molar-refractivity contribution in [3.8, 4) is 0 Å². The molecule has 2 aliphatic rings. The van der Waals surface area contributed by atoms with Crippen LogP contribution in [0.1, 0.15) is 55.3 Å². The Hall–Kier alpha value is -1.88. The number of anilines is 1. The lowest BCUT2D eigenvalue weighted by Crippen LogP contribution is -2.31. The predicted octanol–water partition coefficient (Wildman–Crippen LogP) is 3.29. The predicted molar refractivity (Wildman–Crippen MR) is 95.2 cm³/mol. The highest BCUT2D eigenvalue weighted by atomic mass is 16.5. The van der Waals surface area contributed by atoms with E-state index in [9.17, 15) is 4.79 Å². The second kappa shape index (κ2) is 8.83. The lowest BCUT2D eigenvalue weighted by atomic mass is 9.97. The van der Waals surface area contributed by atoms with Crippen LogP contribution in [0.2, 0.25) is 0 Å². The minimum Gasteiger partial charge on any atom is -0.376 e. The molecule has 1 aromatic heterocycles. The Morgan fingerprint density at radius 3 is 2.96 bits per heavy atom. The highest BCUT2D eigenvalue weighted by molar-refractivity contribution is 5.94. The molecule has 1 saturated heterocycles. The summed E-state index contributed by atoms with van der Waals surface area (Å²) >= 11 is 0. The highest BCUT2D eigenvalue weighted by Crippen LogP contribution is 2.20. The molecule has 1 fully saturated rings. The number of allylic oxidation sites excluding steroid dienone is 1. The van der Waals surface area contributed by atoms with Crippen LogP contribution in [0.4, 0.5) is 5.82 Å². The third-order valence-corrected chi connectivity index (χ3v) is 4.68. The Morgan fingerprint density at radius 2 is 2.25 bits per heavy atom. The molecule has 2 heterocycles. The molecule has 5 heteroatoms. The summed E-state index contributed by atoms with van der Waals surface area (Å²) < 4.78 is 5.51. The summed E-state index contributed by atoms with van der Waals surface area (Å²) in [6.07, 6.45) is 12.5. The number of aromatic nitrogens is 1. The minimum absolute atomic E-state index is 0.0862. The number of hydrogen-bond acceptors (Lipinski definition) is 4.